The zero-order valence-electron chi connectivity index (χ0n) is 29.3. The van der Waals surface area contributed by atoms with Gasteiger partial charge in [0.1, 0.15) is 13.2 Å². The molecule has 47 heavy (non-hydrogen) atoms. The summed E-state index contributed by atoms with van der Waals surface area (Å²) in [7, 11) is 0. The topological polar surface area (TPSA) is 161 Å². The third-order valence-electron chi connectivity index (χ3n) is 4.84. The van der Waals surface area contributed by atoms with E-state index in [1.54, 1.807) is 0 Å². The molecule has 0 aromatic heterocycles. The van der Waals surface area contributed by atoms with Gasteiger partial charge in [0, 0.05) is 12.8 Å². The van der Waals surface area contributed by atoms with Crippen molar-refractivity contribution in [3.63, 3.8) is 0 Å². The highest BCUT2D eigenvalue weighted by Crippen LogP contribution is 2.02. The highest BCUT2D eigenvalue weighted by Gasteiger charge is 2.07. The first-order valence-electron chi connectivity index (χ1n) is 15.9. The van der Waals surface area contributed by atoms with Gasteiger partial charge in [0.05, 0.1) is 66.1 Å². The van der Waals surface area contributed by atoms with E-state index in [1.807, 2.05) is 55.4 Å². The molecule has 0 heterocycles. The summed E-state index contributed by atoms with van der Waals surface area (Å²) < 4.78 is 50.6. The lowest BCUT2D eigenvalue weighted by atomic mass is 10.1. The molecule has 0 saturated carbocycles. The van der Waals surface area contributed by atoms with Crippen LogP contribution < -0.4 is 0 Å². The average Bonchev–Trinajstić information content (AvgIpc) is 2.96. The Bertz CT molecular complexity index is 696. The number of carbonyl (C=O) groups excluding carboxylic acids is 4. The van der Waals surface area contributed by atoms with E-state index in [9.17, 15) is 19.2 Å². The Balaban J connectivity index is -0.000000807. The normalized spacial score (nSPS) is 10.8. The largest absolute Gasteiger partial charge is 0.464 e. The molecule has 0 saturated heterocycles. The quantitative estimate of drug-likeness (QED) is 0.0499. The van der Waals surface area contributed by atoms with Crippen molar-refractivity contribution in [3.05, 3.63) is 0 Å². The minimum atomic E-state index is -0.373. The van der Waals surface area contributed by atoms with Crippen molar-refractivity contribution < 1.29 is 66.5 Å². The van der Waals surface area contributed by atoms with Crippen molar-refractivity contribution in [1.29, 1.82) is 0 Å². The fraction of sp³-hybridized carbons (Fsp3) is 0.879. The summed E-state index contributed by atoms with van der Waals surface area (Å²) in [5.41, 5.74) is 0. The molecular formula is C33H64O14. The average molecular weight is 685 g/mol. The van der Waals surface area contributed by atoms with Gasteiger partial charge >= 0.3 is 23.9 Å². The van der Waals surface area contributed by atoms with Gasteiger partial charge in [-0.15, -0.1) is 0 Å². The standard InChI is InChI=1S/2C16H30O7.CH4/c1-13(2)9-22-15(17)11-20-7-5-19-6-8-21-12-16(18)23-10-14(3)4;1-13(2)9-15(17)22-11-20-7-5-19-6-8-21-12-23-16(18)10-14(3)4;/h2*13-14H,5-12H2,1-4H3;1H4. The fourth-order valence-corrected chi connectivity index (χ4v) is 2.71. The van der Waals surface area contributed by atoms with Crippen LogP contribution in [0.2, 0.25) is 0 Å². The summed E-state index contributed by atoms with van der Waals surface area (Å²) in [6.45, 7) is 18.9. The van der Waals surface area contributed by atoms with Crippen molar-refractivity contribution in [1.82, 2.24) is 0 Å². The molecule has 0 aliphatic carbocycles. The van der Waals surface area contributed by atoms with Crippen LogP contribution in [0.3, 0.4) is 0 Å². The molecular weight excluding hydrogens is 620 g/mol. The van der Waals surface area contributed by atoms with Crippen LogP contribution in [-0.4, -0.2) is 117 Å². The SMILES string of the molecule is C.CC(C)CC(=O)OCOCCOCCOCOC(=O)CC(C)C.CC(C)COC(=O)COCCOCCOCC(=O)OCC(C)C. The lowest BCUT2D eigenvalue weighted by Gasteiger charge is -2.09. The molecule has 0 aromatic carbocycles. The molecule has 0 bridgehead atoms. The molecule has 0 aliphatic heterocycles. The number of ether oxygens (including phenoxy) is 10. The van der Waals surface area contributed by atoms with Crippen LogP contribution in [0.15, 0.2) is 0 Å². The van der Waals surface area contributed by atoms with Crippen molar-refractivity contribution in [2.75, 3.05) is 92.9 Å². The van der Waals surface area contributed by atoms with Crippen LogP contribution in [0, 0.1) is 23.7 Å². The maximum atomic E-state index is 11.2. The summed E-state index contributed by atoms with van der Waals surface area (Å²) in [4.78, 5) is 44.9. The number of esters is 4. The van der Waals surface area contributed by atoms with E-state index in [-0.39, 0.29) is 69.9 Å². The van der Waals surface area contributed by atoms with Gasteiger partial charge in [-0.3, -0.25) is 9.59 Å². The highest BCUT2D eigenvalue weighted by molar-refractivity contribution is 5.71. The molecule has 0 N–H and O–H groups in total. The lowest BCUT2D eigenvalue weighted by molar-refractivity contribution is -0.159. The Hall–Kier alpha value is -2.36. The molecule has 280 valence electrons. The van der Waals surface area contributed by atoms with Crippen LogP contribution in [0.25, 0.3) is 0 Å². The lowest BCUT2D eigenvalue weighted by Crippen LogP contribution is -2.19. The van der Waals surface area contributed by atoms with E-state index >= 15 is 0 Å². The first-order chi connectivity index (χ1) is 21.8. The zero-order valence-corrected chi connectivity index (χ0v) is 29.3. The summed E-state index contributed by atoms with van der Waals surface area (Å²) >= 11 is 0. The Morgan fingerprint density at radius 1 is 0.383 bits per heavy atom. The first kappa shape index (κ1) is 49.0. The molecule has 14 heteroatoms. The zero-order chi connectivity index (χ0) is 35.0. The predicted molar refractivity (Wildman–Crippen MR) is 174 cm³/mol. The third-order valence-corrected chi connectivity index (χ3v) is 4.84. The second kappa shape index (κ2) is 35.0. The second-order valence-electron chi connectivity index (χ2n) is 11.8. The first-order valence-corrected chi connectivity index (χ1v) is 15.9. The van der Waals surface area contributed by atoms with E-state index in [2.05, 4.69) is 0 Å². The summed E-state index contributed by atoms with van der Waals surface area (Å²) in [6, 6.07) is 0. The summed E-state index contributed by atoms with van der Waals surface area (Å²) in [6.07, 6.45) is 0.776. The summed E-state index contributed by atoms with van der Waals surface area (Å²) in [5, 5.41) is 0. The van der Waals surface area contributed by atoms with Gasteiger partial charge < -0.3 is 47.4 Å². The van der Waals surface area contributed by atoms with E-state index in [0.29, 0.717) is 90.7 Å². The van der Waals surface area contributed by atoms with Gasteiger partial charge in [-0.2, -0.15) is 0 Å². The van der Waals surface area contributed by atoms with Crippen molar-refractivity contribution in [3.8, 4) is 0 Å². The molecule has 14 nitrogen and oxygen atoms in total. The molecule has 0 unspecified atom stereocenters. The fourth-order valence-electron chi connectivity index (χ4n) is 2.71. The molecule has 0 amide bonds. The van der Waals surface area contributed by atoms with Crippen LogP contribution in [0.5, 0.6) is 0 Å². The number of hydrogen-bond acceptors (Lipinski definition) is 14. The van der Waals surface area contributed by atoms with Gasteiger partial charge in [0.15, 0.2) is 13.6 Å². The molecule has 0 aliphatic rings. The van der Waals surface area contributed by atoms with E-state index in [1.165, 1.54) is 0 Å². The number of rotatable bonds is 28. The molecule has 0 rings (SSSR count). The Morgan fingerprint density at radius 2 is 0.681 bits per heavy atom. The Kier molecular flexibility index (Phi) is 36.5. The number of carbonyl (C=O) groups is 4. The molecule has 0 spiro atoms. The third kappa shape index (κ3) is 43.6. The minimum Gasteiger partial charge on any atom is -0.464 e. The van der Waals surface area contributed by atoms with Crippen molar-refractivity contribution >= 4 is 23.9 Å². The molecule has 0 radical (unpaired) electrons. The van der Waals surface area contributed by atoms with Crippen LogP contribution in [-0.2, 0) is 66.5 Å². The molecule has 0 fully saturated rings. The highest BCUT2D eigenvalue weighted by atomic mass is 16.7. The van der Waals surface area contributed by atoms with E-state index in [0.717, 1.165) is 0 Å². The molecule has 0 atom stereocenters. The maximum absolute atomic E-state index is 11.2. The van der Waals surface area contributed by atoms with Gasteiger partial charge in [-0.1, -0.05) is 62.8 Å². The minimum absolute atomic E-state index is 0. The van der Waals surface area contributed by atoms with E-state index < -0.39 is 0 Å². The van der Waals surface area contributed by atoms with Crippen LogP contribution >= 0.6 is 0 Å². The van der Waals surface area contributed by atoms with E-state index in [4.69, 9.17) is 47.4 Å². The van der Waals surface area contributed by atoms with Gasteiger partial charge in [0.25, 0.3) is 0 Å². The van der Waals surface area contributed by atoms with Gasteiger partial charge in [-0.25, -0.2) is 9.59 Å². The van der Waals surface area contributed by atoms with Crippen LogP contribution in [0.1, 0.15) is 75.7 Å². The van der Waals surface area contributed by atoms with Gasteiger partial charge in [-0.05, 0) is 23.7 Å². The summed E-state index contributed by atoms with van der Waals surface area (Å²) in [5.74, 6) is -0.104. The second-order valence-corrected chi connectivity index (χ2v) is 11.8. The maximum Gasteiger partial charge on any atom is 0.332 e. The monoisotopic (exact) mass is 684 g/mol. The van der Waals surface area contributed by atoms with Crippen LogP contribution in [0.4, 0.5) is 0 Å². The van der Waals surface area contributed by atoms with Crippen molar-refractivity contribution in [2.45, 2.75) is 75.7 Å². The molecule has 0 aromatic rings. The Labute approximate surface area is 282 Å². The van der Waals surface area contributed by atoms with Crippen molar-refractivity contribution in [2.24, 2.45) is 23.7 Å². The smallest absolute Gasteiger partial charge is 0.332 e. The Morgan fingerprint density at radius 3 is 0.979 bits per heavy atom. The predicted octanol–water partition coefficient (Wildman–Crippen LogP) is 4.20. The van der Waals surface area contributed by atoms with Gasteiger partial charge in [0.2, 0.25) is 0 Å². The number of hydrogen-bond donors (Lipinski definition) is 0.